The number of hydrogen-bond acceptors (Lipinski definition) is 6. The molecule has 0 radical (unpaired) electrons. The lowest BCUT2D eigenvalue weighted by Crippen LogP contribution is -2.48. The highest BCUT2D eigenvalue weighted by Crippen LogP contribution is 2.21. The van der Waals surface area contributed by atoms with E-state index in [9.17, 15) is 13.2 Å². The summed E-state index contributed by atoms with van der Waals surface area (Å²) >= 11 is 0. The largest absolute Gasteiger partial charge is 0.422 e. The van der Waals surface area contributed by atoms with E-state index in [1.54, 1.807) is 16.9 Å². The Labute approximate surface area is 144 Å². The first-order valence-electron chi connectivity index (χ1n) is 7.98. The lowest BCUT2D eigenvalue weighted by atomic mass is 10.2. The van der Waals surface area contributed by atoms with Gasteiger partial charge in [-0.1, -0.05) is 12.1 Å². The lowest BCUT2D eigenvalue weighted by molar-refractivity contribution is 0.146. The van der Waals surface area contributed by atoms with Crippen LogP contribution < -0.4 is 5.63 Å². The summed E-state index contributed by atoms with van der Waals surface area (Å²) in [6, 6.07) is 7.32. The van der Waals surface area contributed by atoms with Gasteiger partial charge in [0.25, 0.3) is 0 Å². The smallest absolute Gasteiger partial charge is 0.347 e. The van der Waals surface area contributed by atoms with Crippen LogP contribution in [0.4, 0.5) is 0 Å². The van der Waals surface area contributed by atoms with Crippen LogP contribution in [0, 0.1) is 0 Å². The molecule has 2 aromatic heterocycles. The fourth-order valence-corrected chi connectivity index (χ4v) is 3.98. The van der Waals surface area contributed by atoms with E-state index in [1.165, 1.54) is 10.6 Å². The number of nitrogens with zero attached hydrogens (tertiary/aromatic N) is 4. The zero-order valence-corrected chi connectivity index (χ0v) is 14.6. The molecule has 1 aliphatic rings. The molecule has 1 saturated heterocycles. The highest BCUT2D eigenvalue weighted by molar-refractivity contribution is 7.88. The summed E-state index contributed by atoms with van der Waals surface area (Å²) in [6.45, 7) is 2.67. The minimum Gasteiger partial charge on any atom is -0.422 e. The third-order valence-electron chi connectivity index (χ3n) is 4.47. The van der Waals surface area contributed by atoms with Crippen molar-refractivity contribution in [1.29, 1.82) is 0 Å². The van der Waals surface area contributed by atoms with Crippen molar-refractivity contribution in [2.45, 2.75) is 6.67 Å². The molecule has 0 bridgehead atoms. The van der Waals surface area contributed by atoms with Crippen LogP contribution in [0.15, 0.2) is 39.7 Å². The Kier molecular flexibility index (Phi) is 3.86. The van der Waals surface area contributed by atoms with Gasteiger partial charge in [-0.15, -0.1) is 0 Å². The van der Waals surface area contributed by atoms with Gasteiger partial charge in [-0.3, -0.25) is 9.58 Å². The van der Waals surface area contributed by atoms with Crippen molar-refractivity contribution in [3.8, 4) is 0 Å². The monoisotopic (exact) mass is 362 g/mol. The van der Waals surface area contributed by atoms with Crippen LogP contribution in [-0.2, 0) is 16.7 Å². The zero-order valence-electron chi connectivity index (χ0n) is 13.8. The van der Waals surface area contributed by atoms with Crippen molar-refractivity contribution in [3.63, 3.8) is 0 Å². The number of aromatic nitrogens is 2. The Morgan fingerprint density at radius 1 is 1.12 bits per heavy atom. The Bertz CT molecular complexity index is 1090. The topological polar surface area (TPSA) is 88.7 Å². The number of benzene rings is 1. The second-order valence-electron chi connectivity index (χ2n) is 6.24. The average molecular weight is 362 g/mol. The molecule has 0 aliphatic carbocycles. The van der Waals surface area contributed by atoms with Crippen molar-refractivity contribution in [2.75, 3.05) is 32.4 Å². The van der Waals surface area contributed by atoms with Crippen LogP contribution in [0.25, 0.3) is 21.9 Å². The predicted molar refractivity (Wildman–Crippen MR) is 93.8 cm³/mol. The number of hydrogen-bond donors (Lipinski definition) is 0. The summed E-state index contributed by atoms with van der Waals surface area (Å²) < 4.78 is 31.7. The van der Waals surface area contributed by atoms with Crippen LogP contribution in [-0.4, -0.2) is 59.8 Å². The molecule has 0 amide bonds. The summed E-state index contributed by atoms with van der Waals surface area (Å²) in [4.78, 5) is 14.3. The molecule has 1 aliphatic heterocycles. The van der Waals surface area contributed by atoms with E-state index in [2.05, 4.69) is 10.00 Å². The van der Waals surface area contributed by atoms with Gasteiger partial charge < -0.3 is 4.42 Å². The number of fused-ring (bicyclic) bond motifs is 3. The van der Waals surface area contributed by atoms with E-state index in [0.717, 1.165) is 5.39 Å². The number of para-hydroxylation sites is 1. The second kappa shape index (κ2) is 5.94. The highest BCUT2D eigenvalue weighted by atomic mass is 32.2. The van der Waals surface area contributed by atoms with Gasteiger partial charge in [0.15, 0.2) is 0 Å². The minimum absolute atomic E-state index is 0.401. The molecule has 3 aromatic rings. The number of sulfonamides is 1. The summed E-state index contributed by atoms with van der Waals surface area (Å²) in [6.07, 6.45) is 2.92. The summed E-state index contributed by atoms with van der Waals surface area (Å²) in [7, 11) is -3.14. The molecule has 3 heterocycles. The standard InChI is InChI=1S/C16H18N4O4S/c1-25(22,23)20-8-6-18(7-9-20)11-19-10-13-15(17-19)12-4-2-3-5-14(12)24-16(13)21/h2-5,10H,6-9,11H2,1H3. The Morgan fingerprint density at radius 3 is 2.56 bits per heavy atom. The maximum atomic E-state index is 12.1. The average Bonchev–Trinajstić information content (AvgIpc) is 2.99. The molecule has 25 heavy (non-hydrogen) atoms. The first-order valence-corrected chi connectivity index (χ1v) is 9.83. The van der Waals surface area contributed by atoms with Gasteiger partial charge >= 0.3 is 5.63 Å². The molecule has 0 atom stereocenters. The maximum Gasteiger partial charge on any atom is 0.347 e. The van der Waals surface area contributed by atoms with Gasteiger partial charge in [0.1, 0.15) is 16.5 Å². The fourth-order valence-electron chi connectivity index (χ4n) is 3.16. The minimum atomic E-state index is -3.14. The molecule has 4 rings (SSSR count). The first kappa shape index (κ1) is 16.2. The molecule has 0 unspecified atom stereocenters. The van der Waals surface area contributed by atoms with Crippen LogP contribution in [0.1, 0.15) is 0 Å². The Morgan fingerprint density at radius 2 is 1.84 bits per heavy atom. The van der Waals surface area contributed by atoms with Crippen LogP contribution >= 0.6 is 0 Å². The van der Waals surface area contributed by atoms with Crippen molar-refractivity contribution in [2.24, 2.45) is 0 Å². The van der Waals surface area contributed by atoms with E-state index in [4.69, 9.17) is 4.42 Å². The van der Waals surface area contributed by atoms with E-state index < -0.39 is 15.6 Å². The first-order chi connectivity index (χ1) is 11.9. The summed E-state index contributed by atoms with van der Waals surface area (Å²) in [5.41, 5.74) is 0.746. The van der Waals surface area contributed by atoms with Crippen molar-refractivity contribution < 1.29 is 12.8 Å². The molecule has 0 saturated carbocycles. The van der Waals surface area contributed by atoms with Crippen molar-refractivity contribution >= 4 is 31.9 Å². The maximum absolute atomic E-state index is 12.1. The van der Waals surface area contributed by atoms with Crippen molar-refractivity contribution in [3.05, 3.63) is 40.9 Å². The third-order valence-corrected chi connectivity index (χ3v) is 5.77. The molecule has 1 aromatic carbocycles. The quantitative estimate of drug-likeness (QED) is 0.637. The normalized spacial score (nSPS) is 17.5. The molecular weight excluding hydrogens is 344 g/mol. The van der Waals surface area contributed by atoms with Crippen molar-refractivity contribution in [1.82, 2.24) is 19.0 Å². The SMILES string of the molecule is CS(=O)(=O)N1CCN(Cn2cc3c(=O)oc4ccccc4c3n2)CC1. The van der Waals surface area contributed by atoms with Crippen LogP contribution in [0.5, 0.6) is 0 Å². The fraction of sp³-hybridized carbons (Fsp3) is 0.375. The van der Waals surface area contributed by atoms with Gasteiger partial charge in [-0.05, 0) is 12.1 Å². The van der Waals surface area contributed by atoms with Gasteiger partial charge in [0.05, 0.1) is 12.9 Å². The van der Waals surface area contributed by atoms with Gasteiger partial charge in [0, 0.05) is 37.8 Å². The molecule has 1 fully saturated rings. The van der Waals surface area contributed by atoms with Crippen LogP contribution in [0.2, 0.25) is 0 Å². The second-order valence-corrected chi connectivity index (χ2v) is 8.22. The Balaban J connectivity index is 1.60. The van der Waals surface area contributed by atoms with E-state index in [-0.39, 0.29) is 0 Å². The zero-order chi connectivity index (χ0) is 17.6. The molecule has 132 valence electrons. The highest BCUT2D eigenvalue weighted by Gasteiger charge is 2.23. The summed E-state index contributed by atoms with van der Waals surface area (Å²) in [5.74, 6) is 0. The van der Waals surface area contributed by atoms with Gasteiger partial charge in [-0.25, -0.2) is 13.2 Å². The van der Waals surface area contributed by atoms with E-state index >= 15 is 0 Å². The summed E-state index contributed by atoms with van der Waals surface area (Å²) in [5, 5.41) is 5.80. The van der Waals surface area contributed by atoms with E-state index in [1.807, 2.05) is 18.2 Å². The predicted octanol–water partition coefficient (Wildman–Crippen LogP) is 0.677. The van der Waals surface area contributed by atoms with E-state index in [0.29, 0.717) is 49.3 Å². The lowest BCUT2D eigenvalue weighted by Gasteiger charge is -2.32. The number of rotatable bonds is 3. The number of piperazine rings is 1. The molecule has 0 N–H and O–H groups in total. The molecule has 8 nitrogen and oxygen atoms in total. The van der Waals surface area contributed by atoms with Gasteiger partial charge in [0.2, 0.25) is 10.0 Å². The molecule has 0 spiro atoms. The third kappa shape index (κ3) is 3.06. The molecule has 9 heteroatoms. The Hall–Kier alpha value is -2.23. The molecular formula is C16H18N4O4S. The van der Waals surface area contributed by atoms with Gasteiger partial charge in [-0.2, -0.15) is 9.40 Å². The van der Waals surface area contributed by atoms with Crippen LogP contribution in [0.3, 0.4) is 0 Å².